The topological polar surface area (TPSA) is 52.6 Å². The number of nitrogens with zero attached hydrogens (tertiary/aromatic N) is 1. The van der Waals surface area contributed by atoms with Crippen LogP contribution in [-0.4, -0.2) is 49.7 Å². The Morgan fingerprint density at radius 2 is 2.27 bits per heavy atom. The lowest BCUT2D eigenvalue weighted by atomic mass is 10.4. The van der Waals surface area contributed by atoms with Crippen molar-refractivity contribution >= 4 is 5.91 Å². The molecule has 2 N–H and O–H groups in total. The van der Waals surface area contributed by atoms with Crippen LogP contribution in [0, 0.1) is 0 Å². The molecule has 0 aromatic carbocycles. The Kier molecular flexibility index (Phi) is 5.78. The molecule has 4 nitrogen and oxygen atoms in total. The van der Waals surface area contributed by atoms with Crippen LogP contribution in [0.4, 0.5) is 0 Å². The van der Waals surface area contributed by atoms with Gasteiger partial charge in [-0.3, -0.25) is 4.79 Å². The number of hydrogen-bond acceptors (Lipinski definition) is 3. The molecule has 0 rings (SSSR count). The van der Waals surface area contributed by atoms with Crippen molar-refractivity contribution in [3.05, 3.63) is 0 Å². The molecule has 11 heavy (non-hydrogen) atoms. The van der Waals surface area contributed by atoms with Crippen LogP contribution < -0.4 is 5.32 Å². The van der Waals surface area contributed by atoms with E-state index in [1.807, 2.05) is 7.05 Å². The zero-order valence-corrected chi connectivity index (χ0v) is 7.13. The molecular weight excluding hydrogens is 144 g/mol. The average Bonchev–Trinajstić information content (AvgIpc) is 2.00. The minimum absolute atomic E-state index is 0.0113. The summed E-state index contributed by atoms with van der Waals surface area (Å²) in [6, 6.07) is 0. The normalized spacial score (nSPS) is 9.73. The number of rotatable bonds is 5. The van der Waals surface area contributed by atoms with Gasteiger partial charge in [0.2, 0.25) is 5.91 Å². The van der Waals surface area contributed by atoms with Gasteiger partial charge in [0.1, 0.15) is 0 Å². The molecule has 0 aliphatic heterocycles. The predicted octanol–water partition coefficient (Wildman–Crippen LogP) is -0.953. The maximum absolute atomic E-state index is 11.0. The zero-order chi connectivity index (χ0) is 8.69. The number of amides is 1. The monoisotopic (exact) mass is 160 g/mol. The Morgan fingerprint density at radius 1 is 1.64 bits per heavy atom. The van der Waals surface area contributed by atoms with E-state index in [0.29, 0.717) is 6.54 Å². The number of carbonyl (C=O) groups excluding carboxylic acids is 1. The minimum Gasteiger partial charge on any atom is -0.396 e. The summed E-state index contributed by atoms with van der Waals surface area (Å²) >= 11 is 0. The van der Waals surface area contributed by atoms with Gasteiger partial charge in [-0.05, 0) is 7.05 Å². The molecule has 0 spiro atoms. The maximum Gasteiger partial charge on any atom is 0.224 e. The molecule has 0 unspecified atom stereocenters. The van der Waals surface area contributed by atoms with Gasteiger partial charge in [-0.2, -0.15) is 0 Å². The summed E-state index contributed by atoms with van der Waals surface area (Å²) in [4.78, 5) is 12.6. The lowest BCUT2D eigenvalue weighted by Crippen LogP contribution is -2.33. The average molecular weight is 160 g/mol. The summed E-state index contributed by atoms with van der Waals surface area (Å²) in [5.41, 5.74) is 0. The maximum atomic E-state index is 11.0. The fourth-order valence-corrected chi connectivity index (χ4v) is 0.691. The highest BCUT2D eigenvalue weighted by Gasteiger charge is 2.05. The number of likely N-dealkylation sites (N-methyl/N-ethyl adjacent to an activating group) is 2. The molecule has 0 fully saturated rings. The first-order valence-corrected chi connectivity index (χ1v) is 3.71. The van der Waals surface area contributed by atoms with Crippen LogP contribution in [0.1, 0.15) is 6.42 Å². The van der Waals surface area contributed by atoms with Crippen molar-refractivity contribution in [1.29, 1.82) is 0 Å². The molecule has 0 bridgehead atoms. The van der Waals surface area contributed by atoms with Gasteiger partial charge in [-0.1, -0.05) is 0 Å². The van der Waals surface area contributed by atoms with Crippen LogP contribution in [0.3, 0.4) is 0 Å². The van der Waals surface area contributed by atoms with E-state index in [1.165, 1.54) is 0 Å². The molecule has 0 atom stereocenters. The Hall–Kier alpha value is -0.610. The number of hydrogen-bond donors (Lipinski definition) is 2. The van der Waals surface area contributed by atoms with Gasteiger partial charge in [-0.15, -0.1) is 0 Å². The molecule has 0 aliphatic carbocycles. The standard InChI is InChI=1S/C7H16N2O2/c1-8-4-5-9(2)7(11)3-6-10/h8,10H,3-6H2,1-2H3. The highest BCUT2D eigenvalue weighted by Crippen LogP contribution is 1.87. The first kappa shape index (κ1) is 10.4. The van der Waals surface area contributed by atoms with Gasteiger partial charge < -0.3 is 15.3 Å². The molecule has 0 aromatic heterocycles. The van der Waals surface area contributed by atoms with Crippen molar-refractivity contribution in [3.8, 4) is 0 Å². The first-order chi connectivity index (χ1) is 5.22. The van der Waals surface area contributed by atoms with Crippen molar-refractivity contribution in [1.82, 2.24) is 10.2 Å². The van der Waals surface area contributed by atoms with E-state index >= 15 is 0 Å². The molecule has 0 radical (unpaired) electrons. The molecule has 0 saturated carbocycles. The van der Waals surface area contributed by atoms with E-state index in [2.05, 4.69) is 5.32 Å². The van der Waals surface area contributed by atoms with Crippen molar-refractivity contribution < 1.29 is 9.90 Å². The lowest BCUT2D eigenvalue weighted by Gasteiger charge is -2.15. The fraction of sp³-hybridized carbons (Fsp3) is 0.857. The quantitative estimate of drug-likeness (QED) is 0.545. The zero-order valence-electron chi connectivity index (χ0n) is 7.13. The SMILES string of the molecule is CNCCN(C)C(=O)CCO. The van der Waals surface area contributed by atoms with E-state index in [-0.39, 0.29) is 18.9 Å². The number of aliphatic hydroxyl groups excluding tert-OH is 1. The Labute approximate surface area is 67.2 Å². The van der Waals surface area contributed by atoms with Crippen molar-refractivity contribution in [2.24, 2.45) is 0 Å². The highest BCUT2D eigenvalue weighted by molar-refractivity contribution is 5.75. The highest BCUT2D eigenvalue weighted by atomic mass is 16.3. The van der Waals surface area contributed by atoms with Crippen LogP contribution in [-0.2, 0) is 4.79 Å². The summed E-state index contributed by atoms with van der Waals surface area (Å²) in [7, 11) is 3.57. The second-order valence-corrected chi connectivity index (χ2v) is 2.39. The van der Waals surface area contributed by atoms with Crippen molar-refractivity contribution in [3.63, 3.8) is 0 Å². The summed E-state index contributed by atoms with van der Waals surface area (Å²) < 4.78 is 0. The predicted molar refractivity (Wildman–Crippen MR) is 43.3 cm³/mol. The van der Waals surface area contributed by atoms with Gasteiger partial charge in [0.15, 0.2) is 0 Å². The fourth-order valence-electron chi connectivity index (χ4n) is 0.691. The number of carbonyl (C=O) groups is 1. The molecule has 4 heteroatoms. The summed E-state index contributed by atoms with van der Waals surface area (Å²) in [5.74, 6) is -0.0113. The minimum atomic E-state index is -0.0667. The third-order valence-electron chi connectivity index (χ3n) is 1.45. The summed E-state index contributed by atoms with van der Waals surface area (Å²) in [6.45, 7) is 1.41. The van der Waals surface area contributed by atoms with Gasteiger partial charge >= 0.3 is 0 Å². The molecule has 0 aliphatic rings. The van der Waals surface area contributed by atoms with E-state index in [1.54, 1.807) is 11.9 Å². The van der Waals surface area contributed by atoms with Crippen molar-refractivity contribution in [2.75, 3.05) is 33.8 Å². The largest absolute Gasteiger partial charge is 0.396 e. The van der Waals surface area contributed by atoms with Crippen LogP contribution in [0.5, 0.6) is 0 Å². The second kappa shape index (κ2) is 6.12. The molecule has 66 valence electrons. The van der Waals surface area contributed by atoms with E-state index in [0.717, 1.165) is 6.54 Å². The number of nitrogens with one attached hydrogen (secondary N) is 1. The molecule has 0 aromatic rings. The van der Waals surface area contributed by atoms with E-state index < -0.39 is 0 Å². The molecule has 0 saturated heterocycles. The summed E-state index contributed by atoms with van der Waals surface area (Å²) in [5, 5.41) is 11.4. The van der Waals surface area contributed by atoms with E-state index in [9.17, 15) is 4.79 Å². The van der Waals surface area contributed by atoms with E-state index in [4.69, 9.17) is 5.11 Å². The van der Waals surface area contributed by atoms with Gasteiger partial charge in [0.25, 0.3) is 0 Å². The lowest BCUT2D eigenvalue weighted by molar-refractivity contribution is -0.130. The molecular formula is C7H16N2O2. The Morgan fingerprint density at radius 3 is 2.73 bits per heavy atom. The van der Waals surface area contributed by atoms with Gasteiger partial charge in [0, 0.05) is 26.6 Å². The van der Waals surface area contributed by atoms with Gasteiger partial charge in [-0.25, -0.2) is 0 Å². The van der Waals surface area contributed by atoms with Crippen LogP contribution in [0.2, 0.25) is 0 Å². The third kappa shape index (κ3) is 4.75. The number of aliphatic hydroxyl groups is 1. The van der Waals surface area contributed by atoms with Crippen LogP contribution in [0.15, 0.2) is 0 Å². The van der Waals surface area contributed by atoms with Crippen LogP contribution in [0.25, 0.3) is 0 Å². The molecule has 0 heterocycles. The first-order valence-electron chi connectivity index (χ1n) is 3.71. The smallest absolute Gasteiger partial charge is 0.224 e. The third-order valence-corrected chi connectivity index (χ3v) is 1.45. The second-order valence-electron chi connectivity index (χ2n) is 2.39. The summed E-state index contributed by atoms with van der Waals surface area (Å²) in [6.07, 6.45) is 0.222. The van der Waals surface area contributed by atoms with Crippen LogP contribution >= 0.6 is 0 Å². The van der Waals surface area contributed by atoms with Gasteiger partial charge in [0.05, 0.1) is 6.61 Å². The Balaban J connectivity index is 3.46. The molecule has 1 amide bonds. The van der Waals surface area contributed by atoms with Crippen molar-refractivity contribution in [2.45, 2.75) is 6.42 Å². The Bertz CT molecular complexity index is 117.